The van der Waals surface area contributed by atoms with Gasteiger partial charge in [0, 0.05) is 6.07 Å². The molecule has 0 fully saturated rings. The summed E-state index contributed by atoms with van der Waals surface area (Å²) >= 11 is 5.14. The zero-order valence-corrected chi connectivity index (χ0v) is 7.09. The maximum Gasteiger partial charge on any atom is 0.573 e. The summed E-state index contributed by atoms with van der Waals surface area (Å²) < 4.78 is 63.3. The van der Waals surface area contributed by atoms with E-state index in [-0.39, 0.29) is 6.07 Å². The van der Waals surface area contributed by atoms with E-state index in [1.54, 1.807) is 0 Å². The molecule has 0 aliphatic rings. The third-order valence-electron chi connectivity index (χ3n) is 1.18. The monoisotopic (exact) mass is 232 g/mol. The molecular formula is C7H2ClF5O. The van der Waals surface area contributed by atoms with Gasteiger partial charge in [0.05, 0.1) is 5.02 Å². The molecule has 14 heavy (non-hydrogen) atoms. The number of halogens is 6. The van der Waals surface area contributed by atoms with Crippen molar-refractivity contribution in [1.82, 2.24) is 0 Å². The van der Waals surface area contributed by atoms with Crippen LogP contribution in [0.25, 0.3) is 0 Å². The van der Waals surface area contributed by atoms with E-state index in [4.69, 9.17) is 11.6 Å². The minimum atomic E-state index is -5.07. The van der Waals surface area contributed by atoms with Crippen molar-refractivity contribution >= 4 is 11.6 Å². The van der Waals surface area contributed by atoms with Crippen LogP contribution in [0.15, 0.2) is 12.1 Å². The molecule has 0 amide bonds. The van der Waals surface area contributed by atoms with Gasteiger partial charge < -0.3 is 4.74 Å². The highest BCUT2D eigenvalue weighted by molar-refractivity contribution is 6.32. The first kappa shape index (κ1) is 11.0. The summed E-state index contributed by atoms with van der Waals surface area (Å²) in [4.78, 5) is 0. The molecule has 1 nitrogen and oxygen atoms in total. The number of ether oxygens (including phenoxy) is 1. The van der Waals surface area contributed by atoms with Crippen LogP contribution in [0, 0.1) is 11.6 Å². The summed E-state index contributed by atoms with van der Waals surface area (Å²) in [5.74, 6) is -3.82. The topological polar surface area (TPSA) is 9.23 Å². The summed E-state index contributed by atoms with van der Waals surface area (Å²) in [6, 6.07) is 0.763. The molecule has 0 atom stereocenters. The van der Waals surface area contributed by atoms with E-state index in [9.17, 15) is 22.0 Å². The lowest BCUT2D eigenvalue weighted by atomic mass is 10.3. The summed E-state index contributed by atoms with van der Waals surface area (Å²) in [6.07, 6.45) is -5.07. The first-order valence-corrected chi connectivity index (χ1v) is 3.57. The highest BCUT2D eigenvalue weighted by Gasteiger charge is 2.33. The largest absolute Gasteiger partial charge is 0.573 e. The minimum absolute atomic E-state index is 0.243. The molecule has 0 saturated carbocycles. The van der Waals surface area contributed by atoms with Gasteiger partial charge in [-0.25, -0.2) is 8.78 Å². The zero-order valence-electron chi connectivity index (χ0n) is 6.33. The van der Waals surface area contributed by atoms with E-state index in [0.717, 1.165) is 0 Å². The number of hydrogen-bond donors (Lipinski definition) is 0. The average Bonchev–Trinajstić information content (AvgIpc) is 1.95. The van der Waals surface area contributed by atoms with Crippen molar-refractivity contribution in [3.05, 3.63) is 28.8 Å². The van der Waals surface area contributed by atoms with Crippen LogP contribution in [0.5, 0.6) is 5.75 Å². The van der Waals surface area contributed by atoms with Crippen LogP contribution in [-0.2, 0) is 0 Å². The lowest BCUT2D eigenvalue weighted by Crippen LogP contribution is -2.18. The molecule has 0 N–H and O–H groups in total. The summed E-state index contributed by atoms with van der Waals surface area (Å²) in [5, 5.41) is -0.778. The van der Waals surface area contributed by atoms with Crippen LogP contribution >= 0.6 is 11.6 Å². The van der Waals surface area contributed by atoms with Crippen LogP contribution in [-0.4, -0.2) is 6.36 Å². The first-order valence-electron chi connectivity index (χ1n) is 3.20. The van der Waals surface area contributed by atoms with Crippen LogP contribution in [0.3, 0.4) is 0 Å². The Labute approximate surface area is 80.0 Å². The number of rotatable bonds is 1. The Hall–Kier alpha value is -1.04. The molecular weight excluding hydrogens is 231 g/mol. The Morgan fingerprint density at radius 1 is 1.14 bits per heavy atom. The van der Waals surface area contributed by atoms with Crippen molar-refractivity contribution in [3.63, 3.8) is 0 Å². The second kappa shape index (κ2) is 3.61. The predicted molar refractivity (Wildman–Crippen MR) is 38.1 cm³/mol. The Balaban J connectivity index is 3.09. The predicted octanol–water partition coefficient (Wildman–Crippen LogP) is 3.52. The van der Waals surface area contributed by atoms with E-state index in [0.29, 0.717) is 6.07 Å². The van der Waals surface area contributed by atoms with Gasteiger partial charge in [-0.1, -0.05) is 11.6 Å². The second-order valence-electron chi connectivity index (χ2n) is 2.25. The molecule has 0 saturated heterocycles. The molecule has 0 unspecified atom stereocenters. The Morgan fingerprint density at radius 2 is 1.71 bits per heavy atom. The van der Waals surface area contributed by atoms with E-state index < -0.39 is 28.8 Å². The van der Waals surface area contributed by atoms with Crippen molar-refractivity contribution in [2.45, 2.75) is 6.36 Å². The summed E-state index contributed by atoms with van der Waals surface area (Å²) in [7, 11) is 0. The highest BCUT2D eigenvalue weighted by Crippen LogP contribution is 2.33. The normalized spacial score (nSPS) is 11.6. The van der Waals surface area contributed by atoms with Crippen LogP contribution in [0.1, 0.15) is 0 Å². The average molecular weight is 233 g/mol. The highest BCUT2D eigenvalue weighted by atomic mass is 35.5. The molecule has 0 bridgehead atoms. The van der Waals surface area contributed by atoms with E-state index in [1.807, 2.05) is 0 Å². The lowest BCUT2D eigenvalue weighted by molar-refractivity contribution is -0.275. The Kier molecular flexibility index (Phi) is 2.84. The molecule has 7 heteroatoms. The van der Waals surface area contributed by atoms with Crippen molar-refractivity contribution in [2.75, 3.05) is 0 Å². The van der Waals surface area contributed by atoms with E-state index in [2.05, 4.69) is 4.74 Å². The molecule has 0 aliphatic heterocycles. The molecule has 0 radical (unpaired) electrons. The summed E-state index contributed by atoms with van der Waals surface area (Å²) in [6.45, 7) is 0. The smallest absolute Gasteiger partial charge is 0.401 e. The Morgan fingerprint density at radius 3 is 2.14 bits per heavy atom. The van der Waals surface area contributed by atoms with Crippen LogP contribution in [0.4, 0.5) is 22.0 Å². The number of hydrogen-bond acceptors (Lipinski definition) is 1. The molecule has 0 aliphatic carbocycles. The number of benzene rings is 1. The van der Waals surface area contributed by atoms with Gasteiger partial charge in [-0.15, -0.1) is 13.2 Å². The third kappa shape index (κ3) is 2.73. The van der Waals surface area contributed by atoms with Crippen LogP contribution < -0.4 is 4.74 Å². The van der Waals surface area contributed by atoms with Gasteiger partial charge >= 0.3 is 6.36 Å². The quantitative estimate of drug-likeness (QED) is 0.673. The molecule has 1 rings (SSSR count). The van der Waals surface area contributed by atoms with Gasteiger partial charge in [0.25, 0.3) is 0 Å². The SMILES string of the molecule is Fc1cc(F)c(OC(F)(F)F)c(Cl)c1. The number of alkyl halides is 3. The molecule has 1 aromatic carbocycles. The van der Waals surface area contributed by atoms with Gasteiger partial charge in [0.1, 0.15) is 5.82 Å². The fourth-order valence-corrected chi connectivity index (χ4v) is 0.975. The maximum absolute atomic E-state index is 12.7. The molecule has 78 valence electrons. The lowest BCUT2D eigenvalue weighted by Gasteiger charge is -2.10. The van der Waals surface area contributed by atoms with Gasteiger partial charge in [-0.2, -0.15) is 0 Å². The fraction of sp³-hybridized carbons (Fsp3) is 0.143. The van der Waals surface area contributed by atoms with Gasteiger partial charge in [0.15, 0.2) is 11.6 Å². The fourth-order valence-electron chi connectivity index (χ4n) is 0.742. The molecule has 0 spiro atoms. The summed E-state index contributed by atoms with van der Waals surface area (Å²) in [5.41, 5.74) is 0. The van der Waals surface area contributed by atoms with Crippen molar-refractivity contribution < 1.29 is 26.7 Å². The standard InChI is InChI=1S/C7H2ClF5O/c8-4-1-3(9)2-5(10)6(4)14-7(11,12)13/h1-2H. The van der Waals surface area contributed by atoms with Gasteiger partial charge in [-0.3, -0.25) is 0 Å². The minimum Gasteiger partial charge on any atom is -0.401 e. The van der Waals surface area contributed by atoms with E-state index in [1.165, 1.54) is 0 Å². The van der Waals surface area contributed by atoms with Crippen molar-refractivity contribution in [3.8, 4) is 5.75 Å². The van der Waals surface area contributed by atoms with Gasteiger partial charge in [0.2, 0.25) is 0 Å². The Bertz CT molecular complexity index is 325. The molecule has 0 heterocycles. The van der Waals surface area contributed by atoms with Gasteiger partial charge in [-0.05, 0) is 6.07 Å². The molecule has 0 aromatic heterocycles. The zero-order chi connectivity index (χ0) is 10.9. The first-order chi connectivity index (χ1) is 6.29. The van der Waals surface area contributed by atoms with E-state index >= 15 is 0 Å². The van der Waals surface area contributed by atoms with Crippen molar-refractivity contribution in [1.29, 1.82) is 0 Å². The maximum atomic E-state index is 12.7. The molecule has 1 aromatic rings. The van der Waals surface area contributed by atoms with Crippen molar-refractivity contribution in [2.24, 2.45) is 0 Å². The third-order valence-corrected chi connectivity index (χ3v) is 1.46. The second-order valence-corrected chi connectivity index (χ2v) is 2.65. The van der Waals surface area contributed by atoms with Crippen LogP contribution in [0.2, 0.25) is 5.02 Å².